The number of aryl methyl sites for hydroxylation is 4. The quantitative estimate of drug-likeness (QED) is 0.0645. The number of pyridine rings is 1. The van der Waals surface area contributed by atoms with Crippen molar-refractivity contribution in [2.45, 2.75) is 106 Å². The largest absolute Gasteiger partial charge is 0.496 e. The van der Waals surface area contributed by atoms with Crippen LogP contribution in [0.25, 0.3) is 0 Å². The molecule has 7 aliphatic rings. The number of aromatic nitrogens is 1. The van der Waals surface area contributed by atoms with Crippen molar-refractivity contribution in [2.75, 3.05) is 58.3 Å². The van der Waals surface area contributed by atoms with Crippen molar-refractivity contribution in [3.8, 4) is 5.75 Å². The molecular formula is C101H99B6F7N4O7. The van der Waals surface area contributed by atoms with E-state index in [0.717, 1.165) is 193 Å². The average Bonchev–Trinajstić information content (AvgIpc) is 1.85. The SMILES string of the molecule is CCCc1ccc(B2OCc3cc(F)ccc32)cc1.CCN(C)Cc1cccc(B2OCc3cc(F)ccc32)c1.CCc1ccc(B2OCc3cc(F)ccc32)cc1.COc1ccc(B2OCc3cc(F)ccc32)cc1C.Cc1ccc(F)cc1B1OCc2cc(F)ccc21.Fc1ccc2c(c1)COB2c1cccc(CCN2CCN(c3ccccn3)CC2)c1. The predicted octanol–water partition coefficient (Wildman–Crippen LogP) is 12.3. The number of anilines is 1. The molecule has 12 aromatic carbocycles. The maximum absolute atomic E-state index is 13.5. The van der Waals surface area contributed by atoms with E-state index in [2.05, 4.69) is 157 Å². The summed E-state index contributed by atoms with van der Waals surface area (Å²) in [5.74, 6) is 0.382. The van der Waals surface area contributed by atoms with Crippen LogP contribution in [0.3, 0.4) is 0 Å². The molecule has 0 spiro atoms. The lowest BCUT2D eigenvalue weighted by Crippen LogP contribution is -2.47. The van der Waals surface area contributed by atoms with Gasteiger partial charge in [0.05, 0.1) is 46.8 Å². The van der Waals surface area contributed by atoms with Crippen molar-refractivity contribution < 1.29 is 63.4 Å². The summed E-state index contributed by atoms with van der Waals surface area (Å²) in [4.78, 5) is 11.6. The van der Waals surface area contributed by atoms with Crippen molar-refractivity contribution in [3.05, 3.63) is 375 Å². The average molecular weight is 1680 g/mol. The normalized spacial score (nSPS) is 14.4. The van der Waals surface area contributed by atoms with Crippen LogP contribution in [0.1, 0.15) is 94.0 Å². The summed E-state index contributed by atoms with van der Waals surface area (Å²) >= 11 is 0. The number of nitrogens with zero attached hydrogens (tertiary/aromatic N) is 4. The standard InChI is InChI=1S/C24H25BFN3O.C17H19BFNO.C16H16BFO.C15H14BFO2.C15H14BFO.C14H11BF2O/c26-22-7-8-23-20(17-22)18-30-25(23)21-5-3-4-19(16-21)9-11-28-12-14-29(15-13-28)24-6-1-2-10-27-24;1-3-20(2)11-13-5-4-6-15(9-13)18-17-8-7-16(19)10-14(17)12-21-18;1-2-3-12-4-6-14(7-5-12)17-16-9-8-15(18)10-13(16)11-19-17;1-10-7-12(3-6-15(10)18-2)16-14-5-4-13(17)8-11(14)9-19-16;1-2-11-3-5-13(6-4-11)16-15-8-7-14(17)9-12(15)10-18-16;1-9-2-3-12(17)7-14(9)15-13-5-4-11(16)6-10(13)8-18-15/h1-8,10,16-17H,9,11-15,18H2;4-10H,3,11-12H2,1-2H3;4-10H,2-3,11H2,1H3;3-8H,9H2,1-2H3;3-9H,2,10H2,1H3;2-7H,8H2,1H3. The molecule has 20 rings (SSSR count). The van der Waals surface area contributed by atoms with E-state index in [1.807, 2.05) is 74.6 Å². The number of ether oxygens (including phenoxy) is 1. The van der Waals surface area contributed by atoms with E-state index in [9.17, 15) is 30.7 Å². The maximum atomic E-state index is 13.5. The Morgan fingerprint density at radius 1 is 0.352 bits per heavy atom. The second kappa shape index (κ2) is 41.8. The number of hydrogen-bond donors (Lipinski definition) is 0. The number of hydrogen-bond acceptors (Lipinski definition) is 11. The van der Waals surface area contributed by atoms with Gasteiger partial charge in [0.25, 0.3) is 0 Å². The van der Waals surface area contributed by atoms with E-state index in [-0.39, 0.29) is 82.2 Å². The van der Waals surface area contributed by atoms with Gasteiger partial charge < -0.3 is 42.5 Å². The van der Waals surface area contributed by atoms with Crippen LogP contribution in [0.15, 0.2) is 267 Å². The number of benzene rings is 12. The zero-order chi connectivity index (χ0) is 87.0. The van der Waals surface area contributed by atoms with Gasteiger partial charge in [-0.2, -0.15) is 0 Å². The minimum absolute atomic E-state index is 0.0495. The highest BCUT2D eigenvalue weighted by molar-refractivity contribution is 6.83. The number of halogens is 7. The Kier molecular flexibility index (Phi) is 29.7. The second-order valence-corrected chi connectivity index (χ2v) is 32.6. The molecule has 0 N–H and O–H groups in total. The highest BCUT2D eigenvalue weighted by Gasteiger charge is 2.37. The van der Waals surface area contributed by atoms with Crippen LogP contribution in [0.5, 0.6) is 5.75 Å². The van der Waals surface area contributed by atoms with Gasteiger partial charge in [-0.1, -0.05) is 190 Å². The number of methoxy groups -OCH3 is 1. The third-order valence-corrected chi connectivity index (χ3v) is 24.1. The predicted molar refractivity (Wildman–Crippen MR) is 494 cm³/mol. The topological polar surface area (TPSA) is 87.2 Å². The van der Waals surface area contributed by atoms with Crippen molar-refractivity contribution in [1.29, 1.82) is 0 Å². The van der Waals surface area contributed by atoms with Crippen molar-refractivity contribution >= 4 is 113 Å². The molecule has 11 nitrogen and oxygen atoms in total. The number of rotatable bonds is 17. The highest BCUT2D eigenvalue weighted by atomic mass is 19.2. The second-order valence-electron chi connectivity index (χ2n) is 32.6. The van der Waals surface area contributed by atoms with Crippen LogP contribution in [0.2, 0.25) is 0 Å². The van der Waals surface area contributed by atoms with Gasteiger partial charge in [0.1, 0.15) is 52.3 Å². The summed E-state index contributed by atoms with van der Waals surface area (Å²) in [5, 5.41) is 0. The summed E-state index contributed by atoms with van der Waals surface area (Å²) in [7, 11) is 3.77. The van der Waals surface area contributed by atoms with Crippen LogP contribution in [-0.4, -0.2) is 110 Å². The Morgan fingerprint density at radius 3 is 1.16 bits per heavy atom. The fraction of sp³-hybridized carbons (Fsp3) is 0.238. The van der Waals surface area contributed by atoms with E-state index in [4.69, 9.17) is 32.7 Å². The molecule has 632 valence electrons. The fourth-order valence-electron chi connectivity index (χ4n) is 17.2. The molecule has 0 amide bonds. The Labute approximate surface area is 731 Å². The van der Waals surface area contributed by atoms with Crippen molar-refractivity contribution in [1.82, 2.24) is 14.8 Å². The molecule has 0 bridgehead atoms. The van der Waals surface area contributed by atoms with Crippen LogP contribution in [0.4, 0.5) is 36.6 Å². The molecule has 0 aliphatic carbocycles. The third kappa shape index (κ3) is 22.1. The zero-order valence-corrected chi connectivity index (χ0v) is 71.7. The molecule has 24 heteroatoms. The van der Waals surface area contributed by atoms with Gasteiger partial charge in [-0.05, 0) is 277 Å². The van der Waals surface area contributed by atoms with E-state index in [1.54, 1.807) is 49.6 Å². The fourth-order valence-corrected chi connectivity index (χ4v) is 17.2. The first-order chi connectivity index (χ1) is 60.8. The van der Waals surface area contributed by atoms with Gasteiger partial charge in [0, 0.05) is 45.5 Å². The van der Waals surface area contributed by atoms with Gasteiger partial charge in [0.2, 0.25) is 0 Å². The van der Waals surface area contributed by atoms with E-state index < -0.39 is 0 Å². The molecule has 0 unspecified atom stereocenters. The molecule has 0 saturated carbocycles. The molecule has 125 heavy (non-hydrogen) atoms. The van der Waals surface area contributed by atoms with Crippen molar-refractivity contribution in [2.24, 2.45) is 0 Å². The van der Waals surface area contributed by atoms with Gasteiger partial charge in [-0.15, -0.1) is 0 Å². The first-order valence-electron chi connectivity index (χ1n) is 43.0. The summed E-state index contributed by atoms with van der Waals surface area (Å²) in [6.07, 6.45) is 6.17. The van der Waals surface area contributed by atoms with Crippen molar-refractivity contribution in [3.63, 3.8) is 0 Å². The molecule has 1 saturated heterocycles. The lowest BCUT2D eigenvalue weighted by Gasteiger charge is -2.35. The molecular weight excluding hydrogens is 1580 g/mol. The molecule has 0 atom stereocenters. The van der Waals surface area contributed by atoms with E-state index in [0.29, 0.717) is 39.6 Å². The minimum atomic E-state index is -0.295. The molecule has 1 fully saturated rings. The molecule has 7 aliphatic heterocycles. The molecule has 13 aromatic rings. The smallest absolute Gasteiger partial charge is 0.362 e. The van der Waals surface area contributed by atoms with Gasteiger partial charge in [-0.3, -0.25) is 4.90 Å². The summed E-state index contributed by atoms with van der Waals surface area (Å²) in [6.45, 7) is 19.6. The first-order valence-corrected chi connectivity index (χ1v) is 43.0. The summed E-state index contributed by atoms with van der Waals surface area (Å²) in [5.41, 5.74) is 25.6. The monoisotopic (exact) mass is 1680 g/mol. The van der Waals surface area contributed by atoms with Gasteiger partial charge >= 0.3 is 41.5 Å². The van der Waals surface area contributed by atoms with Crippen LogP contribution >= 0.6 is 0 Å². The minimum Gasteiger partial charge on any atom is -0.496 e. The highest BCUT2D eigenvalue weighted by Crippen LogP contribution is 2.23. The molecule has 8 heterocycles. The number of piperazine rings is 1. The zero-order valence-electron chi connectivity index (χ0n) is 71.7. The lowest BCUT2D eigenvalue weighted by atomic mass is 9.54. The Bertz CT molecular complexity index is 5870. The van der Waals surface area contributed by atoms with Crippen LogP contribution in [0, 0.1) is 54.6 Å². The Balaban J connectivity index is 0.000000117. The van der Waals surface area contributed by atoms with Crippen LogP contribution < -0.4 is 75.2 Å². The van der Waals surface area contributed by atoms with Gasteiger partial charge in [0.15, 0.2) is 0 Å². The first kappa shape index (κ1) is 88.8. The Hall–Kier alpha value is -11.0. The maximum Gasteiger partial charge on any atom is 0.362 e. The van der Waals surface area contributed by atoms with Crippen LogP contribution in [-0.2, 0) is 93.4 Å². The molecule has 1 aromatic heterocycles. The van der Waals surface area contributed by atoms with Gasteiger partial charge in [-0.25, -0.2) is 35.7 Å². The van der Waals surface area contributed by atoms with E-state index >= 15 is 0 Å². The lowest BCUT2D eigenvalue weighted by molar-refractivity contribution is 0.260. The number of fused-ring (bicyclic) bond motifs is 6. The Morgan fingerprint density at radius 2 is 0.744 bits per heavy atom. The summed E-state index contributed by atoms with van der Waals surface area (Å²) in [6, 6.07) is 80.0. The molecule has 0 radical (unpaired) electrons. The third-order valence-electron chi connectivity index (χ3n) is 24.1. The van der Waals surface area contributed by atoms with E-state index in [1.165, 1.54) is 76.9 Å². The summed E-state index contributed by atoms with van der Waals surface area (Å²) < 4.78 is 133.